The standard InChI is InChI=1S/C34H50N4O4/c1-7-8-18-37(6)19-20-38-30(32(40)36-26-11-9-10-22(4)23(26)5)34-17-16-27(42-34)28(29(34)33(38)41)31(39)35-25-14-12-24(13-15-25)21(2)3/h12-17,21-23,26-30H,7-11,18-20H2,1-6H3,(H,35,39)(H,36,40)/t22-,23+,26+,27+,28+,29+,30-,34-/m0/s1. The largest absolute Gasteiger partial charge is 0.359 e. The number of ether oxygens (including phenoxy) is 1. The number of benzene rings is 1. The van der Waals surface area contributed by atoms with Gasteiger partial charge in [-0.1, -0.05) is 78.2 Å². The Morgan fingerprint density at radius 3 is 2.55 bits per heavy atom. The molecule has 8 heteroatoms. The van der Waals surface area contributed by atoms with Crippen LogP contribution in [0.3, 0.4) is 0 Å². The lowest BCUT2D eigenvalue weighted by Gasteiger charge is -2.38. The SMILES string of the molecule is CCCCN(C)CCN1C(=O)[C@H]2[C@H](C(=O)Nc3ccc(C(C)C)cc3)[C@H]3C=C[C@@]2(O3)[C@@H]1C(=O)N[C@@H]1CCC[C@H](C)[C@H]1C. The number of fused-ring (bicyclic) bond motifs is 1. The maximum atomic E-state index is 14.2. The smallest absolute Gasteiger partial charge is 0.246 e. The molecule has 2 bridgehead atoms. The average Bonchev–Trinajstić information content (AvgIpc) is 3.60. The summed E-state index contributed by atoms with van der Waals surface area (Å²) in [4.78, 5) is 46.1. The Kier molecular flexibility index (Phi) is 9.14. The van der Waals surface area contributed by atoms with Crippen molar-refractivity contribution >= 4 is 23.4 Å². The van der Waals surface area contributed by atoms with E-state index in [2.05, 4.69) is 57.2 Å². The van der Waals surface area contributed by atoms with E-state index in [1.807, 2.05) is 36.4 Å². The number of hydrogen-bond donors (Lipinski definition) is 2. The molecule has 0 aromatic heterocycles. The molecule has 42 heavy (non-hydrogen) atoms. The lowest BCUT2D eigenvalue weighted by Crippen LogP contribution is -2.58. The lowest BCUT2D eigenvalue weighted by molar-refractivity contribution is -0.141. The fraction of sp³-hybridized carbons (Fsp3) is 0.676. The summed E-state index contributed by atoms with van der Waals surface area (Å²) in [5, 5.41) is 6.38. The number of nitrogens with zero attached hydrogens (tertiary/aromatic N) is 2. The second-order valence-electron chi connectivity index (χ2n) is 13.5. The predicted molar refractivity (Wildman–Crippen MR) is 165 cm³/mol. The van der Waals surface area contributed by atoms with Gasteiger partial charge in [-0.05, 0) is 61.9 Å². The lowest BCUT2D eigenvalue weighted by atomic mass is 9.73. The third kappa shape index (κ3) is 5.64. The number of amides is 3. The van der Waals surface area contributed by atoms with Crippen LogP contribution in [0.4, 0.5) is 5.69 Å². The van der Waals surface area contributed by atoms with Crippen molar-refractivity contribution in [1.82, 2.24) is 15.1 Å². The molecule has 5 rings (SSSR count). The molecule has 1 aromatic rings. The van der Waals surface area contributed by atoms with Crippen molar-refractivity contribution in [2.24, 2.45) is 23.7 Å². The minimum atomic E-state index is -1.14. The van der Waals surface area contributed by atoms with Gasteiger partial charge in [0.25, 0.3) is 0 Å². The molecule has 0 unspecified atom stereocenters. The van der Waals surface area contributed by atoms with E-state index in [9.17, 15) is 14.4 Å². The number of likely N-dealkylation sites (tertiary alicyclic amines) is 1. The third-order valence-corrected chi connectivity index (χ3v) is 10.4. The molecule has 3 amide bonds. The zero-order chi connectivity index (χ0) is 30.2. The Hall–Kier alpha value is -2.71. The van der Waals surface area contributed by atoms with Crippen LogP contribution < -0.4 is 10.6 Å². The first kappa shape index (κ1) is 30.7. The highest BCUT2D eigenvalue weighted by atomic mass is 16.5. The van der Waals surface area contributed by atoms with Crippen molar-refractivity contribution in [1.29, 1.82) is 0 Å². The van der Waals surface area contributed by atoms with E-state index in [1.165, 1.54) is 12.0 Å². The van der Waals surface area contributed by atoms with Gasteiger partial charge in [-0.3, -0.25) is 14.4 Å². The number of unbranched alkanes of at least 4 members (excludes halogenated alkanes) is 1. The number of nitrogens with one attached hydrogen (secondary N) is 2. The van der Waals surface area contributed by atoms with Crippen LogP contribution in [0.15, 0.2) is 36.4 Å². The van der Waals surface area contributed by atoms with Gasteiger partial charge < -0.3 is 25.2 Å². The monoisotopic (exact) mass is 578 g/mol. The minimum absolute atomic E-state index is 0.0661. The summed E-state index contributed by atoms with van der Waals surface area (Å²) in [6.45, 7) is 12.9. The Bertz CT molecular complexity index is 1180. The van der Waals surface area contributed by atoms with Gasteiger partial charge in [0.05, 0.1) is 17.9 Å². The van der Waals surface area contributed by atoms with Crippen LogP contribution >= 0.6 is 0 Å². The van der Waals surface area contributed by atoms with Crippen molar-refractivity contribution in [3.63, 3.8) is 0 Å². The molecule has 1 aromatic carbocycles. The molecule has 3 fully saturated rings. The van der Waals surface area contributed by atoms with Gasteiger partial charge in [-0.2, -0.15) is 0 Å². The molecule has 4 aliphatic rings. The van der Waals surface area contributed by atoms with Crippen molar-refractivity contribution < 1.29 is 19.1 Å². The van der Waals surface area contributed by atoms with Gasteiger partial charge in [-0.25, -0.2) is 0 Å². The second-order valence-corrected chi connectivity index (χ2v) is 13.5. The van der Waals surface area contributed by atoms with E-state index in [0.717, 1.165) is 32.2 Å². The minimum Gasteiger partial charge on any atom is -0.359 e. The fourth-order valence-corrected chi connectivity index (χ4v) is 7.55. The van der Waals surface area contributed by atoms with E-state index in [1.54, 1.807) is 4.90 Å². The quantitative estimate of drug-likeness (QED) is 0.376. The van der Waals surface area contributed by atoms with Gasteiger partial charge in [0.1, 0.15) is 11.6 Å². The Labute approximate surface area is 251 Å². The van der Waals surface area contributed by atoms with Crippen LogP contribution in [0.2, 0.25) is 0 Å². The third-order valence-electron chi connectivity index (χ3n) is 10.4. The van der Waals surface area contributed by atoms with Crippen molar-refractivity contribution in [2.45, 2.75) is 96.4 Å². The fourth-order valence-electron chi connectivity index (χ4n) is 7.55. The zero-order valence-electron chi connectivity index (χ0n) is 26.3. The number of anilines is 1. The van der Waals surface area contributed by atoms with Gasteiger partial charge >= 0.3 is 0 Å². The molecule has 1 saturated carbocycles. The summed E-state index contributed by atoms with van der Waals surface area (Å²) in [5.41, 5.74) is 0.750. The van der Waals surface area contributed by atoms with Crippen LogP contribution in [0.1, 0.15) is 78.2 Å². The number of rotatable bonds is 11. The van der Waals surface area contributed by atoms with Crippen LogP contribution in [0.25, 0.3) is 0 Å². The second kappa shape index (κ2) is 12.5. The van der Waals surface area contributed by atoms with Crippen molar-refractivity contribution in [3.8, 4) is 0 Å². The first-order valence-electron chi connectivity index (χ1n) is 16.1. The first-order chi connectivity index (χ1) is 20.1. The average molecular weight is 579 g/mol. The first-order valence-corrected chi connectivity index (χ1v) is 16.1. The summed E-state index contributed by atoms with van der Waals surface area (Å²) in [5.74, 6) is -0.707. The highest BCUT2D eigenvalue weighted by Crippen LogP contribution is 2.55. The molecule has 2 N–H and O–H groups in total. The number of carbonyl (C=O) groups is 3. The van der Waals surface area contributed by atoms with Crippen LogP contribution in [-0.2, 0) is 19.1 Å². The maximum absolute atomic E-state index is 14.2. The van der Waals surface area contributed by atoms with E-state index in [4.69, 9.17) is 4.74 Å². The highest BCUT2D eigenvalue weighted by Gasteiger charge is 2.72. The van der Waals surface area contributed by atoms with Crippen molar-refractivity contribution in [2.75, 3.05) is 32.0 Å². The Morgan fingerprint density at radius 2 is 1.86 bits per heavy atom. The van der Waals surface area contributed by atoms with Gasteiger partial charge in [0.15, 0.2) is 0 Å². The molecular formula is C34H50N4O4. The molecule has 0 radical (unpaired) electrons. The molecule has 3 aliphatic heterocycles. The molecule has 3 heterocycles. The Balaban J connectivity index is 1.40. The summed E-state index contributed by atoms with van der Waals surface area (Å²) in [6.07, 6.45) is 8.62. The molecule has 8 nitrogen and oxygen atoms in total. The number of likely N-dealkylation sites (N-methyl/N-ethyl adjacent to an activating group) is 1. The summed E-state index contributed by atoms with van der Waals surface area (Å²) in [7, 11) is 2.05. The maximum Gasteiger partial charge on any atom is 0.246 e. The molecular weight excluding hydrogens is 528 g/mol. The molecule has 2 saturated heterocycles. The molecule has 230 valence electrons. The van der Waals surface area contributed by atoms with Crippen LogP contribution in [-0.4, -0.2) is 78.0 Å². The molecule has 8 atom stereocenters. The van der Waals surface area contributed by atoms with E-state index in [0.29, 0.717) is 36.5 Å². The predicted octanol–water partition coefficient (Wildman–Crippen LogP) is 4.57. The number of hydrogen-bond acceptors (Lipinski definition) is 5. The molecule has 1 aliphatic carbocycles. The highest BCUT2D eigenvalue weighted by molar-refractivity contribution is 6.02. The Morgan fingerprint density at radius 1 is 1.12 bits per heavy atom. The van der Waals surface area contributed by atoms with Crippen LogP contribution in [0.5, 0.6) is 0 Å². The number of carbonyl (C=O) groups excluding carboxylic acids is 3. The van der Waals surface area contributed by atoms with E-state index >= 15 is 0 Å². The van der Waals surface area contributed by atoms with E-state index < -0.39 is 29.6 Å². The summed E-state index contributed by atoms with van der Waals surface area (Å²) >= 11 is 0. The van der Waals surface area contributed by atoms with Gasteiger partial charge in [0, 0.05) is 24.8 Å². The van der Waals surface area contributed by atoms with Gasteiger partial charge in [-0.15, -0.1) is 0 Å². The topological polar surface area (TPSA) is 91.0 Å². The zero-order valence-corrected chi connectivity index (χ0v) is 26.3. The normalized spacial score (nSPS) is 33.5. The summed E-state index contributed by atoms with van der Waals surface area (Å²) in [6, 6.07) is 7.11. The van der Waals surface area contributed by atoms with Gasteiger partial charge in [0.2, 0.25) is 17.7 Å². The van der Waals surface area contributed by atoms with Crippen LogP contribution in [0, 0.1) is 23.7 Å². The van der Waals surface area contributed by atoms with E-state index in [-0.39, 0.29) is 23.8 Å². The van der Waals surface area contributed by atoms with Crippen molar-refractivity contribution in [3.05, 3.63) is 42.0 Å². The molecule has 1 spiro atoms. The summed E-state index contributed by atoms with van der Waals surface area (Å²) < 4.78 is 6.54.